The summed E-state index contributed by atoms with van der Waals surface area (Å²) in [5, 5.41) is 0. The third-order valence-corrected chi connectivity index (χ3v) is 4.06. The molecule has 1 aromatic rings. The maximum Gasteiger partial charge on any atom is 0.110 e. The fourth-order valence-electron chi connectivity index (χ4n) is 2.65. The lowest BCUT2D eigenvalue weighted by Gasteiger charge is -2.14. The van der Waals surface area contributed by atoms with Crippen molar-refractivity contribution < 1.29 is 4.74 Å². The van der Waals surface area contributed by atoms with Gasteiger partial charge in [0.15, 0.2) is 0 Å². The first-order chi connectivity index (χ1) is 7.77. The summed E-state index contributed by atoms with van der Waals surface area (Å²) in [7, 11) is 0. The molecular formula is C15H18O. The molecule has 4 atom stereocenters. The van der Waals surface area contributed by atoms with E-state index in [1.54, 1.807) is 0 Å². The van der Waals surface area contributed by atoms with Crippen LogP contribution >= 0.6 is 0 Å². The molecule has 1 nitrogen and oxygen atoms in total. The molecule has 2 aliphatic rings. The first kappa shape index (κ1) is 10.1. The summed E-state index contributed by atoms with van der Waals surface area (Å²) < 4.78 is 5.84. The molecule has 0 radical (unpaired) electrons. The van der Waals surface area contributed by atoms with Gasteiger partial charge in [-0.1, -0.05) is 50.3 Å². The second kappa shape index (κ2) is 3.74. The summed E-state index contributed by atoms with van der Waals surface area (Å²) in [5.41, 5.74) is 2.73. The van der Waals surface area contributed by atoms with Crippen molar-refractivity contribution in [2.75, 3.05) is 0 Å². The predicted molar refractivity (Wildman–Crippen MR) is 66.0 cm³/mol. The van der Waals surface area contributed by atoms with Crippen LogP contribution in [0, 0.1) is 11.8 Å². The minimum atomic E-state index is 0.363. The Morgan fingerprint density at radius 2 is 1.88 bits per heavy atom. The number of epoxide rings is 1. The summed E-state index contributed by atoms with van der Waals surface area (Å²) in [5.74, 6) is 1.42. The van der Waals surface area contributed by atoms with E-state index in [0.717, 1.165) is 5.92 Å². The number of ether oxygens (including phenoxy) is 1. The van der Waals surface area contributed by atoms with Crippen molar-refractivity contribution in [2.45, 2.75) is 32.5 Å². The molecule has 0 amide bonds. The van der Waals surface area contributed by atoms with E-state index in [2.05, 4.69) is 50.3 Å². The van der Waals surface area contributed by atoms with Crippen LogP contribution in [0.25, 0.3) is 5.57 Å². The Hall–Kier alpha value is -1.08. The Kier molecular flexibility index (Phi) is 2.36. The highest BCUT2D eigenvalue weighted by Gasteiger charge is 2.48. The van der Waals surface area contributed by atoms with Gasteiger partial charge < -0.3 is 4.74 Å². The fraction of sp³-hybridized carbons (Fsp3) is 0.467. The zero-order chi connectivity index (χ0) is 11.1. The van der Waals surface area contributed by atoms with Crippen molar-refractivity contribution in [3.8, 4) is 0 Å². The van der Waals surface area contributed by atoms with Gasteiger partial charge >= 0.3 is 0 Å². The highest BCUT2D eigenvalue weighted by Crippen LogP contribution is 2.45. The second-order valence-corrected chi connectivity index (χ2v) is 5.12. The van der Waals surface area contributed by atoms with Gasteiger partial charge in [-0.25, -0.2) is 0 Å². The van der Waals surface area contributed by atoms with Crippen LogP contribution in [0.2, 0.25) is 0 Å². The van der Waals surface area contributed by atoms with E-state index in [-0.39, 0.29) is 0 Å². The third-order valence-electron chi connectivity index (χ3n) is 4.06. The summed E-state index contributed by atoms with van der Waals surface area (Å²) in [6, 6.07) is 10.6. The molecule has 0 spiro atoms. The molecule has 84 valence electrons. The number of hydrogen-bond donors (Lipinski definition) is 0. The average molecular weight is 214 g/mol. The standard InChI is InChI=1S/C15H18O/c1-10-8-9-13(12-6-4-3-5-7-12)15-14(16-15)11(10)2/h3-7,9-11,14-15H,8H2,1-2H3/t10-,11+,14-,15+/m0/s1. The SMILES string of the molecule is C[C@H]1[C@@H]2O[C@@H]2C(c2ccccc2)=CC[C@@H]1C. The lowest BCUT2D eigenvalue weighted by atomic mass is 9.91. The van der Waals surface area contributed by atoms with Crippen LogP contribution in [-0.2, 0) is 4.74 Å². The lowest BCUT2D eigenvalue weighted by Crippen LogP contribution is -2.13. The Morgan fingerprint density at radius 3 is 2.62 bits per heavy atom. The van der Waals surface area contributed by atoms with Gasteiger partial charge in [0.1, 0.15) is 6.10 Å². The van der Waals surface area contributed by atoms with Crippen LogP contribution in [0.4, 0.5) is 0 Å². The molecule has 3 rings (SSSR count). The molecule has 0 unspecified atom stereocenters. The second-order valence-electron chi connectivity index (χ2n) is 5.12. The van der Waals surface area contributed by atoms with Crippen LogP contribution in [-0.4, -0.2) is 12.2 Å². The van der Waals surface area contributed by atoms with Gasteiger partial charge in [-0.2, -0.15) is 0 Å². The third kappa shape index (κ3) is 1.60. The minimum Gasteiger partial charge on any atom is -0.364 e. The first-order valence-electron chi connectivity index (χ1n) is 6.18. The molecule has 1 heterocycles. The van der Waals surface area contributed by atoms with E-state index < -0.39 is 0 Å². The van der Waals surface area contributed by atoms with Crippen LogP contribution in [0.1, 0.15) is 25.8 Å². The molecule has 16 heavy (non-hydrogen) atoms. The predicted octanol–water partition coefficient (Wildman–Crippen LogP) is 3.51. The fourth-order valence-corrected chi connectivity index (χ4v) is 2.65. The van der Waals surface area contributed by atoms with Gasteiger partial charge in [0.25, 0.3) is 0 Å². The Labute approximate surface area is 97.1 Å². The van der Waals surface area contributed by atoms with Crippen LogP contribution in [0.3, 0.4) is 0 Å². The summed E-state index contributed by atoms with van der Waals surface area (Å²) >= 11 is 0. The minimum absolute atomic E-state index is 0.363. The molecule has 1 aromatic carbocycles. The first-order valence-corrected chi connectivity index (χ1v) is 6.18. The Morgan fingerprint density at radius 1 is 1.12 bits per heavy atom. The number of fused-ring (bicyclic) bond motifs is 1. The van der Waals surface area contributed by atoms with Crippen LogP contribution in [0.15, 0.2) is 36.4 Å². The monoisotopic (exact) mass is 214 g/mol. The molecule has 1 aliphatic carbocycles. The maximum atomic E-state index is 5.84. The average Bonchev–Trinajstić information content (AvgIpc) is 3.09. The Bertz CT molecular complexity index is 407. The zero-order valence-electron chi connectivity index (χ0n) is 9.89. The molecule has 1 fully saturated rings. The summed E-state index contributed by atoms with van der Waals surface area (Å²) in [6.07, 6.45) is 4.39. The largest absolute Gasteiger partial charge is 0.364 e. The van der Waals surface area contributed by atoms with Crippen LogP contribution < -0.4 is 0 Å². The topological polar surface area (TPSA) is 12.5 Å². The van der Waals surface area contributed by atoms with E-state index >= 15 is 0 Å². The molecule has 1 saturated heterocycles. The summed E-state index contributed by atoms with van der Waals surface area (Å²) in [4.78, 5) is 0. The number of allylic oxidation sites excluding steroid dienone is 1. The van der Waals surface area contributed by atoms with Crippen molar-refractivity contribution in [1.82, 2.24) is 0 Å². The van der Waals surface area contributed by atoms with Gasteiger partial charge in [-0.05, 0) is 29.4 Å². The lowest BCUT2D eigenvalue weighted by molar-refractivity contribution is 0.274. The van der Waals surface area contributed by atoms with Crippen molar-refractivity contribution in [3.63, 3.8) is 0 Å². The number of rotatable bonds is 1. The van der Waals surface area contributed by atoms with Gasteiger partial charge in [0.2, 0.25) is 0 Å². The van der Waals surface area contributed by atoms with E-state index in [9.17, 15) is 0 Å². The number of hydrogen-bond acceptors (Lipinski definition) is 1. The Balaban J connectivity index is 1.92. The normalized spacial score (nSPS) is 37.2. The van der Waals surface area contributed by atoms with Crippen molar-refractivity contribution in [3.05, 3.63) is 42.0 Å². The molecule has 0 bridgehead atoms. The molecular weight excluding hydrogens is 196 g/mol. The quantitative estimate of drug-likeness (QED) is 0.652. The number of benzene rings is 1. The molecule has 0 saturated carbocycles. The van der Waals surface area contributed by atoms with Crippen LogP contribution in [0.5, 0.6) is 0 Å². The van der Waals surface area contributed by atoms with Gasteiger partial charge in [-0.15, -0.1) is 0 Å². The zero-order valence-corrected chi connectivity index (χ0v) is 9.89. The van der Waals surface area contributed by atoms with Gasteiger partial charge in [-0.3, -0.25) is 0 Å². The van der Waals surface area contributed by atoms with Gasteiger partial charge in [0, 0.05) is 0 Å². The van der Waals surface area contributed by atoms with E-state index in [1.807, 2.05) is 0 Å². The molecule has 0 N–H and O–H groups in total. The molecule has 1 heteroatoms. The summed E-state index contributed by atoms with van der Waals surface area (Å²) in [6.45, 7) is 4.64. The maximum absolute atomic E-state index is 5.84. The van der Waals surface area contributed by atoms with E-state index in [4.69, 9.17) is 4.74 Å². The van der Waals surface area contributed by atoms with Crippen molar-refractivity contribution in [2.24, 2.45) is 11.8 Å². The van der Waals surface area contributed by atoms with Gasteiger partial charge in [0.05, 0.1) is 6.10 Å². The smallest absolute Gasteiger partial charge is 0.110 e. The molecule has 1 aliphatic heterocycles. The van der Waals surface area contributed by atoms with Crippen molar-refractivity contribution in [1.29, 1.82) is 0 Å². The molecule has 0 aromatic heterocycles. The highest BCUT2D eigenvalue weighted by molar-refractivity contribution is 5.71. The highest BCUT2D eigenvalue weighted by atomic mass is 16.6. The van der Waals surface area contributed by atoms with E-state index in [0.29, 0.717) is 18.1 Å². The van der Waals surface area contributed by atoms with Crippen molar-refractivity contribution >= 4 is 5.57 Å². The van der Waals surface area contributed by atoms with E-state index in [1.165, 1.54) is 17.6 Å².